The van der Waals surface area contributed by atoms with Crippen molar-refractivity contribution in [2.45, 2.75) is 112 Å². The van der Waals surface area contributed by atoms with Gasteiger partial charge < -0.3 is 85.0 Å². The third-order valence-electron chi connectivity index (χ3n) is 6.60. The molecule has 0 bridgehead atoms. The maximum absolute atomic E-state index is 10.6. The zero-order valence-electron chi connectivity index (χ0n) is 21.3. The van der Waals surface area contributed by atoms with Crippen LogP contribution in [0, 0.1) is 0 Å². The summed E-state index contributed by atoms with van der Waals surface area (Å²) in [7, 11) is 0. The van der Waals surface area contributed by atoms with E-state index in [1.54, 1.807) is 0 Å². The fraction of sp³-hybridized carbons (Fsp3) is 1.00. The Morgan fingerprint density at radius 1 is 0.513 bits per heavy atom. The van der Waals surface area contributed by atoms with Crippen molar-refractivity contribution >= 4 is 0 Å². The Kier molecular flexibility index (Phi) is 14.2. The molecule has 232 valence electrons. The highest BCUT2D eigenvalue weighted by molar-refractivity contribution is 4.96. The molecule has 0 aliphatic carbocycles. The molecule has 1 unspecified atom stereocenters. The van der Waals surface area contributed by atoms with Gasteiger partial charge in [-0.15, -0.1) is 0 Å². The van der Waals surface area contributed by atoms with Crippen LogP contribution in [0.5, 0.6) is 0 Å². The molecule has 39 heavy (non-hydrogen) atoms. The highest BCUT2D eigenvalue weighted by atomic mass is 16.8. The number of unbranched alkanes of at least 4 members (excludes halogenated alkanes) is 1. The van der Waals surface area contributed by atoms with E-state index < -0.39 is 112 Å². The quantitative estimate of drug-likeness (QED) is 0.121. The van der Waals surface area contributed by atoms with E-state index in [0.29, 0.717) is 6.61 Å². The summed E-state index contributed by atoms with van der Waals surface area (Å²) < 4.78 is 26.4. The third-order valence-corrected chi connectivity index (χ3v) is 6.60. The molecule has 3 fully saturated rings. The van der Waals surface area contributed by atoms with Crippen LogP contribution in [0.4, 0.5) is 0 Å². The van der Waals surface area contributed by atoms with Gasteiger partial charge in [-0.1, -0.05) is 13.3 Å². The minimum absolute atomic E-state index is 0.344. The standard InChI is InChI=1S/C18H32O16.C4H10O/c19-1-4-7(22)8(23)12(27)17(31-4)34-15-6(3-21)32-18(13(28)10(15)25)33-14-5(2-20)30-16(29)11(26)9(14)24;1-2-3-4-5/h4-29H,1-3H2;5H,2-4H2,1H3/t4-,5-,6-,7-,8+,9-,10-,11-,12-,13-,14-,15-,16?,17+,18+;/m1./s1. The summed E-state index contributed by atoms with van der Waals surface area (Å²) in [5.41, 5.74) is 0. The zero-order valence-corrected chi connectivity index (χ0v) is 21.3. The van der Waals surface area contributed by atoms with Crippen molar-refractivity contribution in [1.29, 1.82) is 0 Å². The van der Waals surface area contributed by atoms with E-state index in [1.165, 1.54) is 0 Å². The number of aliphatic hydroxyl groups is 12. The summed E-state index contributed by atoms with van der Waals surface area (Å²) in [6, 6.07) is 0. The molecule has 0 saturated carbocycles. The fourth-order valence-electron chi connectivity index (χ4n) is 4.22. The molecule has 0 aromatic carbocycles. The van der Waals surface area contributed by atoms with Crippen LogP contribution in [0.15, 0.2) is 0 Å². The van der Waals surface area contributed by atoms with Crippen LogP contribution in [-0.4, -0.2) is 180 Å². The van der Waals surface area contributed by atoms with Crippen molar-refractivity contribution in [1.82, 2.24) is 0 Å². The van der Waals surface area contributed by atoms with Crippen LogP contribution >= 0.6 is 0 Å². The smallest absolute Gasteiger partial charge is 0.187 e. The Balaban J connectivity index is 0.000000976. The lowest BCUT2D eigenvalue weighted by Gasteiger charge is -2.47. The average molecular weight is 579 g/mol. The van der Waals surface area contributed by atoms with Gasteiger partial charge in [-0.3, -0.25) is 0 Å². The minimum Gasteiger partial charge on any atom is -0.396 e. The van der Waals surface area contributed by atoms with Crippen LogP contribution in [0.25, 0.3) is 0 Å². The average Bonchev–Trinajstić information content (AvgIpc) is 2.93. The lowest BCUT2D eigenvalue weighted by molar-refractivity contribution is -0.377. The van der Waals surface area contributed by atoms with Crippen LogP contribution in [0.1, 0.15) is 19.8 Å². The Hall–Kier alpha value is -0.680. The molecule has 0 spiro atoms. The molecule has 17 heteroatoms. The van der Waals surface area contributed by atoms with Gasteiger partial charge in [0, 0.05) is 6.61 Å². The molecule has 3 aliphatic heterocycles. The van der Waals surface area contributed by atoms with E-state index in [9.17, 15) is 56.2 Å². The highest BCUT2D eigenvalue weighted by Crippen LogP contribution is 2.32. The Morgan fingerprint density at radius 3 is 1.38 bits per heavy atom. The molecule has 15 atom stereocenters. The van der Waals surface area contributed by atoms with Crippen molar-refractivity contribution in [2.75, 3.05) is 26.4 Å². The van der Waals surface area contributed by atoms with Crippen LogP contribution in [0.2, 0.25) is 0 Å². The first-order valence-corrected chi connectivity index (χ1v) is 12.6. The molecule has 0 aromatic rings. The second-order valence-corrected chi connectivity index (χ2v) is 9.41. The summed E-state index contributed by atoms with van der Waals surface area (Å²) in [6.45, 7) is 0.0743. The molecule has 3 aliphatic rings. The molecule has 0 amide bonds. The molecule has 3 saturated heterocycles. The summed E-state index contributed by atoms with van der Waals surface area (Å²) in [4.78, 5) is 0. The van der Waals surface area contributed by atoms with Crippen LogP contribution < -0.4 is 0 Å². The normalized spacial score (nSPS) is 46.8. The molecule has 3 rings (SSSR count). The summed E-state index contributed by atoms with van der Waals surface area (Å²) in [6.07, 6.45) is -23.1. The Labute approximate surface area is 223 Å². The van der Waals surface area contributed by atoms with E-state index >= 15 is 0 Å². The van der Waals surface area contributed by atoms with E-state index in [-0.39, 0.29) is 0 Å². The first kappa shape index (κ1) is 34.5. The Bertz CT molecular complexity index is 681. The molecule has 12 N–H and O–H groups in total. The fourth-order valence-corrected chi connectivity index (χ4v) is 4.22. The first-order chi connectivity index (χ1) is 18.5. The van der Waals surface area contributed by atoms with Crippen molar-refractivity contribution in [3.05, 3.63) is 0 Å². The van der Waals surface area contributed by atoms with Gasteiger partial charge in [0.2, 0.25) is 0 Å². The number of rotatable bonds is 9. The lowest BCUT2D eigenvalue weighted by Crippen LogP contribution is -2.66. The summed E-state index contributed by atoms with van der Waals surface area (Å²) in [5, 5.41) is 117. The second-order valence-electron chi connectivity index (χ2n) is 9.41. The second kappa shape index (κ2) is 16.1. The maximum atomic E-state index is 10.6. The highest BCUT2D eigenvalue weighted by Gasteiger charge is 2.53. The van der Waals surface area contributed by atoms with Crippen molar-refractivity contribution in [2.24, 2.45) is 0 Å². The number of ether oxygens (including phenoxy) is 5. The number of hydrogen-bond donors (Lipinski definition) is 12. The number of aliphatic hydroxyl groups excluding tert-OH is 12. The predicted octanol–water partition coefficient (Wildman–Crippen LogP) is -6.79. The monoisotopic (exact) mass is 578 g/mol. The van der Waals surface area contributed by atoms with E-state index in [4.69, 9.17) is 28.8 Å². The molecule has 0 radical (unpaired) electrons. The van der Waals surface area contributed by atoms with Gasteiger partial charge in [-0.25, -0.2) is 0 Å². The SMILES string of the molecule is CCCCO.OC[C@H]1O[C@@H](O[C@H]2[C@H](O)[C@@H](O)[C@H](O[C@H]3[C@H](O)[C@@H](O)C(O)O[C@@H]3CO)O[C@@H]2CO)[C@H](O)[C@@H](O)[C@@H]1O. The van der Waals surface area contributed by atoms with Crippen LogP contribution in [-0.2, 0) is 23.7 Å². The zero-order chi connectivity index (χ0) is 29.4. The first-order valence-electron chi connectivity index (χ1n) is 12.6. The van der Waals surface area contributed by atoms with Gasteiger partial charge in [0.15, 0.2) is 18.9 Å². The molecule has 0 aromatic heterocycles. The van der Waals surface area contributed by atoms with Crippen molar-refractivity contribution < 1.29 is 85.0 Å². The minimum atomic E-state index is -1.91. The molecular weight excluding hydrogens is 536 g/mol. The Morgan fingerprint density at radius 2 is 0.949 bits per heavy atom. The molecular formula is C22H42O17. The van der Waals surface area contributed by atoms with Gasteiger partial charge in [-0.2, -0.15) is 0 Å². The van der Waals surface area contributed by atoms with Gasteiger partial charge in [0.25, 0.3) is 0 Å². The van der Waals surface area contributed by atoms with Crippen molar-refractivity contribution in [3.8, 4) is 0 Å². The van der Waals surface area contributed by atoms with Gasteiger partial charge >= 0.3 is 0 Å². The van der Waals surface area contributed by atoms with Crippen LogP contribution in [0.3, 0.4) is 0 Å². The summed E-state index contributed by atoms with van der Waals surface area (Å²) >= 11 is 0. The summed E-state index contributed by atoms with van der Waals surface area (Å²) in [5.74, 6) is 0. The number of hydrogen-bond acceptors (Lipinski definition) is 17. The topological polar surface area (TPSA) is 289 Å². The van der Waals surface area contributed by atoms with E-state index in [0.717, 1.165) is 12.8 Å². The lowest BCUT2D eigenvalue weighted by atomic mass is 9.96. The van der Waals surface area contributed by atoms with E-state index in [1.807, 2.05) is 0 Å². The maximum Gasteiger partial charge on any atom is 0.187 e. The molecule has 3 heterocycles. The van der Waals surface area contributed by atoms with Gasteiger partial charge in [0.05, 0.1) is 19.8 Å². The largest absolute Gasteiger partial charge is 0.396 e. The third kappa shape index (κ3) is 8.21. The van der Waals surface area contributed by atoms with Crippen molar-refractivity contribution in [3.63, 3.8) is 0 Å². The van der Waals surface area contributed by atoms with E-state index in [2.05, 4.69) is 6.92 Å². The predicted molar refractivity (Wildman–Crippen MR) is 123 cm³/mol. The van der Waals surface area contributed by atoms with Gasteiger partial charge in [-0.05, 0) is 6.42 Å². The van der Waals surface area contributed by atoms with Gasteiger partial charge in [0.1, 0.15) is 73.2 Å². The molecule has 17 nitrogen and oxygen atoms in total.